The van der Waals surface area contributed by atoms with E-state index in [9.17, 15) is 9.90 Å². The standard InChI is InChI=1S/C20H32N2O2/c1-15(2)5-4-6-16(3)21-20(24)17-7-9-18(10-8-17)22-13-11-19(23)12-14-22/h7-10,15-16,19,23H,4-6,11-14H2,1-3H3,(H,21,24). The lowest BCUT2D eigenvalue weighted by molar-refractivity contribution is 0.0938. The Bertz CT molecular complexity index is 505. The van der Waals surface area contributed by atoms with Gasteiger partial charge in [0, 0.05) is 30.4 Å². The predicted octanol–water partition coefficient (Wildman–Crippen LogP) is 3.59. The van der Waals surface area contributed by atoms with Crippen molar-refractivity contribution in [3.8, 4) is 0 Å². The fourth-order valence-electron chi connectivity index (χ4n) is 3.16. The molecule has 2 N–H and O–H groups in total. The Labute approximate surface area is 146 Å². The number of hydrogen-bond acceptors (Lipinski definition) is 3. The molecule has 4 nitrogen and oxygen atoms in total. The summed E-state index contributed by atoms with van der Waals surface area (Å²) in [4.78, 5) is 14.6. The zero-order chi connectivity index (χ0) is 17.5. The fraction of sp³-hybridized carbons (Fsp3) is 0.650. The first-order valence-electron chi connectivity index (χ1n) is 9.29. The van der Waals surface area contributed by atoms with Crippen molar-refractivity contribution in [3.63, 3.8) is 0 Å². The van der Waals surface area contributed by atoms with Gasteiger partial charge in [0.25, 0.3) is 5.91 Å². The Kier molecular flexibility index (Phi) is 7.10. The van der Waals surface area contributed by atoms with Crippen molar-refractivity contribution >= 4 is 11.6 Å². The molecule has 1 aliphatic rings. The minimum Gasteiger partial charge on any atom is -0.393 e. The van der Waals surface area contributed by atoms with Crippen LogP contribution in [-0.2, 0) is 0 Å². The van der Waals surface area contributed by atoms with Gasteiger partial charge >= 0.3 is 0 Å². The molecular formula is C20H32N2O2. The van der Waals surface area contributed by atoms with Crippen molar-refractivity contribution < 1.29 is 9.90 Å². The normalized spacial score (nSPS) is 17.1. The van der Waals surface area contributed by atoms with Crippen LogP contribution in [0.15, 0.2) is 24.3 Å². The summed E-state index contributed by atoms with van der Waals surface area (Å²) in [6, 6.07) is 8.03. The van der Waals surface area contributed by atoms with E-state index in [2.05, 4.69) is 31.0 Å². The largest absolute Gasteiger partial charge is 0.393 e. The van der Waals surface area contributed by atoms with Gasteiger partial charge in [-0.05, 0) is 56.4 Å². The number of aliphatic hydroxyl groups is 1. The van der Waals surface area contributed by atoms with Crippen molar-refractivity contribution in [1.29, 1.82) is 0 Å². The molecule has 1 aliphatic heterocycles. The smallest absolute Gasteiger partial charge is 0.251 e. The summed E-state index contributed by atoms with van der Waals surface area (Å²) in [5.41, 5.74) is 1.84. The molecule has 0 spiro atoms. The average Bonchev–Trinajstić information content (AvgIpc) is 2.55. The monoisotopic (exact) mass is 332 g/mol. The SMILES string of the molecule is CC(C)CCCC(C)NC(=O)c1ccc(N2CCC(O)CC2)cc1. The van der Waals surface area contributed by atoms with Crippen molar-refractivity contribution in [2.75, 3.05) is 18.0 Å². The summed E-state index contributed by atoms with van der Waals surface area (Å²) >= 11 is 0. The Morgan fingerprint density at radius 2 is 1.79 bits per heavy atom. The maximum Gasteiger partial charge on any atom is 0.251 e. The second-order valence-electron chi connectivity index (χ2n) is 7.46. The Morgan fingerprint density at radius 3 is 2.38 bits per heavy atom. The summed E-state index contributed by atoms with van der Waals surface area (Å²) in [5.74, 6) is 0.726. The van der Waals surface area contributed by atoms with Crippen LogP contribution in [0, 0.1) is 5.92 Å². The van der Waals surface area contributed by atoms with Gasteiger partial charge in [-0.15, -0.1) is 0 Å². The average molecular weight is 332 g/mol. The lowest BCUT2D eigenvalue weighted by atomic mass is 10.0. The lowest BCUT2D eigenvalue weighted by Gasteiger charge is -2.31. The summed E-state index contributed by atoms with van der Waals surface area (Å²) in [6.45, 7) is 8.28. The van der Waals surface area contributed by atoms with E-state index in [1.54, 1.807) is 0 Å². The Morgan fingerprint density at radius 1 is 1.17 bits per heavy atom. The van der Waals surface area contributed by atoms with Gasteiger partial charge in [0.2, 0.25) is 0 Å². The molecule has 1 atom stereocenters. The molecule has 1 unspecified atom stereocenters. The number of anilines is 1. The van der Waals surface area contributed by atoms with E-state index < -0.39 is 0 Å². The lowest BCUT2D eigenvalue weighted by Crippen LogP contribution is -2.36. The van der Waals surface area contributed by atoms with Crippen molar-refractivity contribution in [2.24, 2.45) is 5.92 Å². The molecule has 24 heavy (non-hydrogen) atoms. The second kappa shape index (κ2) is 9.07. The van der Waals surface area contributed by atoms with Crippen LogP contribution in [-0.4, -0.2) is 36.2 Å². The van der Waals surface area contributed by atoms with Crippen molar-refractivity contribution in [3.05, 3.63) is 29.8 Å². The molecule has 1 aromatic carbocycles. The number of hydrogen-bond donors (Lipinski definition) is 2. The number of rotatable bonds is 7. The van der Waals surface area contributed by atoms with Gasteiger partial charge in [-0.1, -0.05) is 26.7 Å². The third-order valence-electron chi connectivity index (χ3n) is 4.76. The van der Waals surface area contributed by atoms with E-state index in [0.717, 1.165) is 50.4 Å². The molecule has 134 valence electrons. The molecule has 1 aromatic rings. The maximum atomic E-state index is 12.3. The van der Waals surface area contributed by atoms with Crippen LogP contribution in [0.4, 0.5) is 5.69 Å². The summed E-state index contributed by atoms with van der Waals surface area (Å²) in [6.07, 6.45) is 4.85. The van der Waals surface area contributed by atoms with Crippen molar-refractivity contribution in [1.82, 2.24) is 5.32 Å². The van der Waals surface area contributed by atoms with Crippen LogP contribution in [0.25, 0.3) is 0 Å². The van der Waals surface area contributed by atoms with Gasteiger partial charge in [-0.2, -0.15) is 0 Å². The summed E-state index contributed by atoms with van der Waals surface area (Å²) < 4.78 is 0. The Hall–Kier alpha value is -1.55. The molecule has 4 heteroatoms. The molecule has 0 bridgehead atoms. The van der Waals surface area contributed by atoms with Crippen LogP contribution in [0.5, 0.6) is 0 Å². The predicted molar refractivity (Wildman–Crippen MR) is 99.5 cm³/mol. The zero-order valence-electron chi connectivity index (χ0n) is 15.3. The van der Waals surface area contributed by atoms with Crippen LogP contribution in [0.3, 0.4) is 0 Å². The topological polar surface area (TPSA) is 52.6 Å². The number of nitrogens with zero attached hydrogens (tertiary/aromatic N) is 1. The van der Waals surface area contributed by atoms with Crippen LogP contribution in [0.2, 0.25) is 0 Å². The van der Waals surface area contributed by atoms with E-state index in [1.807, 2.05) is 24.3 Å². The number of piperidine rings is 1. The third-order valence-corrected chi connectivity index (χ3v) is 4.76. The van der Waals surface area contributed by atoms with Crippen LogP contribution < -0.4 is 10.2 Å². The molecule has 1 heterocycles. The highest BCUT2D eigenvalue weighted by Gasteiger charge is 2.17. The zero-order valence-corrected chi connectivity index (χ0v) is 15.3. The molecular weight excluding hydrogens is 300 g/mol. The number of amides is 1. The van der Waals surface area contributed by atoms with E-state index >= 15 is 0 Å². The molecule has 1 saturated heterocycles. The molecule has 1 fully saturated rings. The van der Waals surface area contributed by atoms with E-state index in [-0.39, 0.29) is 18.1 Å². The first kappa shape index (κ1) is 18.8. The Balaban J connectivity index is 1.82. The quantitative estimate of drug-likeness (QED) is 0.802. The number of carbonyl (C=O) groups is 1. The number of carbonyl (C=O) groups excluding carboxylic acids is 1. The number of benzene rings is 1. The highest BCUT2D eigenvalue weighted by Crippen LogP contribution is 2.20. The number of nitrogens with one attached hydrogen (secondary N) is 1. The van der Waals surface area contributed by atoms with E-state index in [1.165, 1.54) is 6.42 Å². The minimum absolute atomic E-state index is 0.00710. The highest BCUT2D eigenvalue weighted by molar-refractivity contribution is 5.94. The van der Waals surface area contributed by atoms with Crippen LogP contribution >= 0.6 is 0 Å². The summed E-state index contributed by atoms with van der Waals surface area (Å²) in [7, 11) is 0. The first-order valence-corrected chi connectivity index (χ1v) is 9.29. The molecule has 0 aliphatic carbocycles. The minimum atomic E-state index is -0.163. The van der Waals surface area contributed by atoms with Gasteiger partial charge in [0.1, 0.15) is 0 Å². The molecule has 2 rings (SSSR count). The van der Waals surface area contributed by atoms with E-state index in [4.69, 9.17) is 0 Å². The molecule has 0 saturated carbocycles. The van der Waals surface area contributed by atoms with Gasteiger partial charge in [-0.25, -0.2) is 0 Å². The van der Waals surface area contributed by atoms with Crippen LogP contribution in [0.1, 0.15) is 63.2 Å². The fourth-order valence-corrected chi connectivity index (χ4v) is 3.16. The molecule has 0 radical (unpaired) electrons. The second-order valence-corrected chi connectivity index (χ2v) is 7.46. The number of aliphatic hydroxyl groups excluding tert-OH is 1. The van der Waals surface area contributed by atoms with E-state index in [0.29, 0.717) is 5.56 Å². The van der Waals surface area contributed by atoms with Gasteiger partial charge < -0.3 is 15.3 Å². The summed E-state index contributed by atoms with van der Waals surface area (Å²) in [5, 5.41) is 12.7. The van der Waals surface area contributed by atoms with Gasteiger partial charge in [-0.3, -0.25) is 4.79 Å². The molecule has 0 aromatic heterocycles. The first-order chi connectivity index (χ1) is 11.5. The van der Waals surface area contributed by atoms with Gasteiger partial charge in [0.05, 0.1) is 6.10 Å². The maximum absolute atomic E-state index is 12.3. The van der Waals surface area contributed by atoms with Crippen molar-refractivity contribution in [2.45, 2.75) is 65.0 Å². The third kappa shape index (κ3) is 5.82. The molecule has 1 amide bonds. The highest BCUT2D eigenvalue weighted by atomic mass is 16.3. The van der Waals surface area contributed by atoms with Gasteiger partial charge in [0.15, 0.2) is 0 Å².